The van der Waals surface area contributed by atoms with Crippen molar-refractivity contribution in [1.82, 2.24) is 4.57 Å². The number of rotatable bonds is 5. The molecule has 0 atom stereocenters. The highest BCUT2D eigenvalue weighted by Crippen LogP contribution is 2.50. The van der Waals surface area contributed by atoms with Gasteiger partial charge in [0.25, 0.3) is 6.71 Å². The summed E-state index contributed by atoms with van der Waals surface area (Å²) in [6, 6.07) is 63.3. The van der Waals surface area contributed by atoms with Crippen LogP contribution in [0, 0.1) is 18.3 Å². The Balaban J connectivity index is 1.18. The van der Waals surface area contributed by atoms with Gasteiger partial charge in [0, 0.05) is 56.0 Å². The maximum Gasteiger partial charge on any atom is 0.416 e. The van der Waals surface area contributed by atoms with Crippen molar-refractivity contribution in [2.45, 2.75) is 118 Å². The predicted octanol–water partition coefficient (Wildman–Crippen LogP) is 18.6. The highest BCUT2D eigenvalue weighted by atomic mass is 19.4. The van der Waals surface area contributed by atoms with Crippen LogP contribution in [0.25, 0.3) is 49.7 Å². The lowest BCUT2D eigenvalue weighted by atomic mass is 9.33. The van der Waals surface area contributed by atoms with Crippen LogP contribution >= 0.6 is 0 Å². The number of hydrogen-bond donors (Lipinski definition) is 0. The molecule has 0 radical (unpaired) electrons. The lowest BCUT2D eigenvalue weighted by Crippen LogP contribution is -2.61. The molecule has 8 heteroatoms. The van der Waals surface area contributed by atoms with Crippen molar-refractivity contribution in [2.75, 3.05) is 9.80 Å². The van der Waals surface area contributed by atoms with Crippen LogP contribution in [0.3, 0.4) is 0 Å². The molecule has 0 amide bonds. The van der Waals surface area contributed by atoms with Crippen LogP contribution in [0.5, 0.6) is 0 Å². The molecule has 2 aliphatic rings. The van der Waals surface area contributed by atoms with E-state index in [-0.39, 0.29) is 28.4 Å². The normalized spacial score (nSPS) is 13.6. The number of nitriles is 1. The number of aryl methyl sites for hydroxylation is 1. The Hall–Kier alpha value is -8.28. The van der Waals surface area contributed by atoms with Crippen LogP contribution in [-0.2, 0) is 27.8 Å². The van der Waals surface area contributed by atoms with Gasteiger partial charge in [0.05, 0.1) is 33.9 Å². The molecule has 9 aromatic carbocycles. The molecule has 10 aromatic rings. The first-order valence-corrected chi connectivity index (χ1v) is 28.2. The van der Waals surface area contributed by atoms with Crippen molar-refractivity contribution in [3.8, 4) is 34.0 Å². The summed E-state index contributed by atoms with van der Waals surface area (Å²) in [5.41, 5.74) is 20.3. The minimum Gasteiger partial charge on any atom is -0.311 e. The summed E-state index contributed by atoms with van der Waals surface area (Å²) >= 11 is 0. The molecule has 0 unspecified atom stereocenters. The first-order chi connectivity index (χ1) is 38.2. The fourth-order valence-corrected chi connectivity index (χ4v) is 12.4. The van der Waals surface area contributed by atoms with Crippen LogP contribution in [-0.4, -0.2) is 11.3 Å². The first-order valence-electron chi connectivity index (χ1n) is 28.2. The van der Waals surface area contributed by atoms with E-state index in [2.05, 4.69) is 225 Å². The van der Waals surface area contributed by atoms with Crippen molar-refractivity contribution in [2.24, 2.45) is 0 Å². The molecular formula is C73H68BF3N4. The number of hydrogen-bond acceptors (Lipinski definition) is 3. The monoisotopic (exact) mass is 1070 g/mol. The summed E-state index contributed by atoms with van der Waals surface area (Å²) in [7, 11) is 0. The Bertz CT molecular complexity index is 4050. The molecule has 0 saturated heterocycles. The van der Waals surface area contributed by atoms with Crippen LogP contribution in [0.2, 0.25) is 0 Å². The molecule has 0 saturated carbocycles. The molecule has 1 aromatic heterocycles. The zero-order valence-corrected chi connectivity index (χ0v) is 48.7. The van der Waals surface area contributed by atoms with E-state index in [1.54, 1.807) is 18.2 Å². The number of para-hydroxylation sites is 3. The van der Waals surface area contributed by atoms with Crippen molar-refractivity contribution in [3.63, 3.8) is 0 Å². The number of nitrogens with zero attached hydrogens (tertiary/aromatic N) is 4. The van der Waals surface area contributed by atoms with E-state index < -0.39 is 11.7 Å². The Morgan fingerprint density at radius 2 is 0.901 bits per heavy atom. The van der Waals surface area contributed by atoms with E-state index in [1.165, 1.54) is 44.7 Å². The molecule has 404 valence electrons. The number of anilines is 6. The van der Waals surface area contributed by atoms with Gasteiger partial charge in [0.1, 0.15) is 0 Å². The van der Waals surface area contributed by atoms with Gasteiger partial charge in [-0.25, -0.2) is 0 Å². The largest absolute Gasteiger partial charge is 0.416 e. The van der Waals surface area contributed by atoms with Gasteiger partial charge in [-0.05, 0) is 175 Å². The lowest BCUT2D eigenvalue weighted by molar-refractivity contribution is -0.137. The quantitative estimate of drug-likeness (QED) is 0.161. The standard InChI is InChI=1S/C73H68BF3N4/c1-44-26-29-55(47(32-44)43-78)58-42-48(73(75,76)77)28-31-63(58)81-61-23-17-14-20-56(61)57-33-45(27-30-62(57)81)46-34-66-68-67(35-46)80(54-40-51(71(8,9)10)37-52(41-54)72(11,12)13)65-25-19-16-22-60(65)74(68)59-21-15-18-24-64(59)79(66)53-38-49(69(2,3)4)36-50(39-53)70(5,6)7/h14-42H,1-13H3. The molecule has 0 N–H and O–H groups in total. The highest BCUT2D eigenvalue weighted by molar-refractivity contribution is 7.00. The minimum absolute atomic E-state index is 0.0850. The number of fused-ring (bicyclic) bond motifs is 7. The third-order valence-electron chi connectivity index (χ3n) is 16.9. The second kappa shape index (κ2) is 18.6. The SMILES string of the molecule is Cc1ccc(-c2cc(C(F)(F)F)ccc2-n2c3ccccc3c3cc(-c4cc5c6c(c4)N(c4cc(C(C)(C)C)cc(C(C)(C)C)c4)c4ccccc4B6c4ccccc4N5c4cc(C(C)(C)C)cc(C(C)(C)C)c4)ccc32)c(C#N)c1. The van der Waals surface area contributed by atoms with Crippen LogP contribution in [0.4, 0.5) is 47.3 Å². The Labute approximate surface area is 476 Å². The summed E-state index contributed by atoms with van der Waals surface area (Å²) in [5, 5.41) is 12.3. The van der Waals surface area contributed by atoms with Crippen molar-refractivity contribution in [1.29, 1.82) is 5.26 Å². The summed E-state index contributed by atoms with van der Waals surface area (Å²) in [4.78, 5) is 5.04. The van der Waals surface area contributed by atoms with E-state index in [1.807, 2.05) is 31.2 Å². The van der Waals surface area contributed by atoms with Gasteiger partial charge in [-0.3, -0.25) is 0 Å². The summed E-state index contributed by atoms with van der Waals surface area (Å²) < 4.78 is 46.1. The molecule has 3 heterocycles. The molecule has 12 rings (SSSR count). The highest BCUT2D eigenvalue weighted by Gasteiger charge is 2.44. The van der Waals surface area contributed by atoms with Gasteiger partial charge in [-0.2, -0.15) is 18.4 Å². The molecule has 0 fully saturated rings. The van der Waals surface area contributed by atoms with E-state index in [0.717, 1.165) is 78.7 Å². The zero-order valence-electron chi connectivity index (χ0n) is 48.7. The average Bonchev–Trinajstić information content (AvgIpc) is 3.95. The number of aromatic nitrogens is 1. The molecule has 4 nitrogen and oxygen atoms in total. The van der Waals surface area contributed by atoms with Crippen molar-refractivity contribution in [3.05, 3.63) is 215 Å². The van der Waals surface area contributed by atoms with Crippen LogP contribution < -0.4 is 26.2 Å². The van der Waals surface area contributed by atoms with Crippen LogP contribution in [0.1, 0.15) is 122 Å². The summed E-state index contributed by atoms with van der Waals surface area (Å²) in [6.45, 7) is 29.4. The molecule has 2 aliphatic heterocycles. The van der Waals surface area contributed by atoms with E-state index in [0.29, 0.717) is 22.4 Å². The topological polar surface area (TPSA) is 35.2 Å². The molecule has 0 spiro atoms. The van der Waals surface area contributed by atoms with Gasteiger partial charge >= 0.3 is 6.18 Å². The fraction of sp³-hybridized carbons (Fsp3) is 0.247. The summed E-state index contributed by atoms with van der Waals surface area (Å²) in [6.07, 6.45) is -4.60. The molecular weight excluding hydrogens is 1000 g/mol. The third kappa shape index (κ3) is 9.10. The van der Waals surface area contributed by atoms with E-state index in [4.69, 9.17) is 0 Å². The fourth-order valence-electron chi connectivity index (χ4n) is 12.4. The second-order valence-corrected chi connectivity index (χ2v) is 26.7. The van der Waals surface area contributed by atoms with Gasteiger partial charge in [-0.15, -0.1) is 0 Å². The van der Waals surface area contributed by atoms with Gasteiger partial charge in [-0.1, -0.05) is 168 Å². The zero-order chi connectivity index (χ0) is 57.5. The van der Waals surface area contributed by atoms with E-state index in [9.17, 15) is 18.4 Å². The maximum atomic E-state index is 14.7. The number of benzene rings is 9. The van der Waals surface area contributed by atoms with Gasteiger partial charge in [0.15, 0.2) is 0 Å². The lowest BCUT2D eigenvalue weighted by Gasteiger charge is -2.45. The Morgan fingerprint density at radius 1 is 0.407 bits per heavy atom. The first kappa shape index (κ1) is 53.4. The molecule has 81 heavy (non-hydrogen) atoms. The van der Waals surface area contributed by atoms with Crippen molar-refractivity contribution >= 4 is 79.0 Å². The van der Waals surface area contributed by atoms with Gasteiger partial charge in [0.2, 0.25) is 0 Å². The third-order valence-corrected chi connectivity index (χ3v) is 16.9. The van der Waals surface area contributed by atoms with Gasteiger partial charge < -0.3 is 14.4 Å². The molecule has 0 aliphatic carbocycles. The maximum absolute atomic E-state index is 14.7. The van der Waals surface area contributed by atoms with Crippen molar-refractivity contribution < 1.29 is 13.2 Å². The number of halogens is 3. The predicted molar refractivity (Wildman–Crippen MR) is 335 cm³/mol. The average molecular weight is 1070 g/mol. The van der Waals surface area contributed by atoms with Crippen LogP contribution in [0.15, 0.2) is 176 Å². The minimum atomic E-state index is -4.60. The smallest absolute Gasteiger partial charge is 0.311 e. The second-order valence-electron chi connectivity index (χ2n) is 26.7. The van der Waals surface area contributed by atoms with E-state index >= 15 is 0 Å². The Morgan fingerprint density at radius 3 is 1.41 bits per heavy atom. The summed E-state index contributed by atoms with van der Waals surface area (Å²) in [5.74, 6) is 0. The number of alkyl halides is 3. The molecule has 0 bridgehead atoms. The Kier molecular flexibility index (Phi) is 12.3.